The fourth-order valence-corrected chi connectivity index (χ4v) is 3.22. The van der Waals surface area contributed by atoms with Crippen LogP contribution in [0.5, 0.6) is 0 Å². The first kappa shape index (κ1) is 20.1. The summed E-state index contributed by atoms with van der Waals surface area (Å²) in [6.45, 7) is 4.09. The van der Waals surface area contributed by atoms with Crippen molar-refractivity contribution < 1.29 is 18.0 Å². The fourth-order valence-electron chi connectivity index (χ4n) is 3.22. The van der Waals surface area contributed by atoms with E-state index in [4.69, 9.17) is 0 Å². The Morgan fingerprint density at radius 1 is 1.18 bits per heavy atom. The van der Waals surface area contributed by atoms with E-state index in [0.29, 0.717) is 36.7 Å². The third kappa shape index (κ3) is 5.22. The van der Waals surface area contributed by atoms with Gasteiger partial charge in [0, 0.05) is 37.6 Å². The van der Waals surface area contributed by atoms with Gasteiger partial charge in [0.15, 0.2) is 0 Å². The molecule has 0 spiro atoms. The van der Waals surface area contributed by atoms with E-state index in [9.17, 15) is 18.0 Å². The van der Waals surface area contributed by atoms with Crippen molar-refractivity contribution in [3.8, 4) is 0 Å². The van der Waals surface area contributed by atoms with Gasteiger partial charge in [0.1, 0.15) is 5.82 Å². The molecule has 8 heteroatoms. The van der Waals surface area contributed by atoms with Gasteiger partial charge in [-0.1, -0.05) is 17.7 Å². The molecule has 1 aromatic carbocycles. The van der Waals surface area contributed by atoms with Gasteiger partial charge in [-0.2, -0.15) is 13.2 Å². The van der Waals surface area contributed by atoms with E-state index >= 15 is 0 Å². The summed E-state index contributed by atoms with van der Waals surface area (Å²) in [7, 11) is 0. The Morgan fingerprint density at radius 3 is 2.46 bits per heavy atom. The number of pyridine rings is 1. The molecule has 150 valence electrons. The van der Waals surface area contributed by atoms with Crippen molar-refractivity contribution in [2.45, 2.75) is 26.1 Å². The summed E-state index contributed by atoms with van der Waals surface area (Å²) < 4.78 is 37.9. The second-order valence-corrected chi connectivity index (χ2v) is 7.11. The van der Waals surface area contributed by atoms with Gasteiger partial charge in [-0.05, 0) is 38.1 Å². The molecule has 0 bridgehead atoms. The van der Waals surface area contributed by atoms with Crippen molar-refractivity contribution in [3.63, 3.8) is 0 Å². The van der Waals surface area contributed by atoms with Crippen molar-refractivity contribution in [2.75, 3.05) is 36.4 Å². The van der Waals surface area contributed by atoms with E-state index in [1.54, 1.807) is 19.1 Å². The van der Waals surface area contributed by atoms with Crippen LogP contribution >= 0.6 is 0 Å². The van der Waals surface area contributed by atoms with Crippen LogP contribution in [-0.4, -0.2) is 54.2 Å². The third-order valence-corrected chi connectivity index (χ3v) is 4.79. The molecule has 1 aliphatic heterocycles. The van der Waals surface area contributed by atoms with E-state index in [1.807, 2.05) is 36.1 Å². The predicted octanol–water partition coefficient (Wildman–Crippen LogP) is 3.72. The van der Waals surface area contributed by atoms with E-state index in [2.05, 4.69) is 10.3 Å². The summed E-state index contributed by atoms with van der Waals surface area (Å²) in [5, 5.41) is 2.81. The number of aromatic nitrogens is 1. The summed E-state index contributed by atoms with van der Waals surface area (Å²) in [5.41, 5.74) is 2.23. The first-order valence-corrected chi connectivity index (χ1v) is 9.11. The smallest absolute Gasteiger partial charge is 0.354 e. The molecule has 5 nitrogen and oxygen atoms in total. The van der Waals surface area contributed by atoms with Crippen molar-refractivity contribution in [3.05, 3.63) is 53.7 Å². The number of halogens is 3. The molecule has 2 aromatic rings. The second kappa shape index (κ2) is 8.18. The van der Waals surface area contributed by atoms with Crippen LogP contribution in [0.2, 0.25) is 0 Å². The summed E-state index contributed by atoms with van der Waals surface area (Å²) >= 11 is 0. The minimum Gasteiger partial charge on any atom is -0.354 e. The number of anilines is 2. The highest BCUT2D eigenvalue weighted by Crippen LogP contribution is 2.22. The van der Waals surface area contributed by atoms with E-state index < -0.39 is 12.7 Å². The largest absolute Gasteiger partial charge is 0.401 e. The number of nitrogens with one attached hydrogen (secondary N) is 1. The first-order valence-electron chi connectivity index (χ1n) is 9.11. The van der Waals surface area contributed by atoms with Gasteiger partial charge in [0.25, 0.3) is 5.91 Å². The zero-order chi connectivity index (χ0) is 20.3. The molecule has 1 fully saturated rings. The number of carbonyl (C=O) groups excluding carboxylic acids is 1. The van der Waals surface area contributed by atoms with Crippen LogP contribution in [0, 0.1) is 6.92 Å². The fraction of sp³-hybridized carbons (Fsp3) is 0.400. The number of amides is 1. The Hall–Kier alpha value is -2.61. The average Bonchev–Trinajstić information content (AvgIpc) is 2.64. The molecule has 1 saturated heterocycles. The molecule has 1 amide bonds. The molecule has 0 saturated carbocycles. The van der Waals surface area contributed by atoms with Gasteiger partial charge in [-0.25, -0.2) is 4.98 Å². The summed E-state index contributed by atoms with van der Waals surface area (Å²) in [4.78, 5) is 20.0. The van der Waals surface area contributed by atoms with Crippen LogP contribution in [0.4, 0.5) is 24.7 Å². The van der Waals surface area contributed by atoms with Gasteiger partial charge in [-0.3, -0.25) is 9.69 Å². The average molecular weight is 392 g/mol. The van der Waals surface area contributed by atoms with Gasteiger partial charge in [0.2, 0.25) is 0 Å². The Balaban J connectivity index is 1.60. The highest BCUT2D eigenvalue weighted by Gasteiger charge is 2.35. The molecule has 2 heterocycles. The van der Waals surface area contributed by atoms with Crippen molar-refractivity contribution >= 4 is 17.4 Å². The molecule has 1 unspecified atom stereocenters. The molecule has 1 atom stereocenters. The van der Waals surface area contributed by atoms with Crippen LogP contribution in [0.1, 0.15) is 22.8 Å². The number of alkyl halides is 3. The third-order valence-electron chi connectivity index (χ3n) is 4.79. The summed E-state index contributed by atoms with van der Waals surface area (Å²) in [6.07, 6.45) is -2.70. The van der Waals surface area contributed by atoms with Crippen LogP contribution < -0.4 is 10.2 Å². The molecule has 0 aliphatic carbocycles. The van der Waals surface area contributed by atoms with Gasteiger partial charge < -0.3 is 10.2 Å². The van der Waals surface area contributed by atoms with E-state index in [-0.39, 0.29) is 11.9 Å². The lowest BCUT2D eigenvalue weighted by Crippen LogP contribution is -2.54. The monoisotopic (exact) mass is 392 g/mol. The molecular weight excluding hydrogens is 369 g/mol. The Kier molecular flexibility index (Phi) is 5.88. The van der Waals surface area contributed by atoms with Gasteiger partial charge >= 0.3 is 6.18 Å². The number of hydrogen-bond donors (Lipinski definition) is 1. The van der Waals surface area contributed by atoms with E-state index in [0.717, 1.165) is 5.56 Å². The Bertz CT molecular complexity index is 806. The number of piperazine rings is 1. The van der Waals surface area contributed by atoms with Crippen molar-refractivity contribution in [1.29, 1.82) is 0 Å². The molecule has 1 aliphatic rings. The van der Waals surface area contributed by atoms with Crippen molar-refractivity contribution in [2.24, 2.45) is 0 Å². The van der Waals surface area contributed by atoms with Gasteiger partial charge in [0.05, 0.1) is 12.1 Å². The maximum atomic E-state index is 12.6. The van der Waals surface area contributed by atoms with Crippen LogP contribution in [-0.2, 0) is 0 Å². The maximum Gasteiger partial charge on any atom is 0.401 e. The number of carbonyl (C=O) groups is 1. The first-order chi connectivity index (χ1) is 13.2. The highest BCUT2D eigenvalue weighted by atomic mass is 19.4. The van der Waals surface area contributed by atoms with Crippen LogP contribution in [0.15, 0.2) is 42.6 Å². The minimum atomic E-state index is -4.19. The number of hydrogen-bond acceptors (Lipinski definition) is 4. The second-order valence-electron chi connectivity index (χ2n) is 7.11. The molecule has 28 heavy (non-hydrogen) atoms. The van der Waals surface area contributed by atoms with E-state index in [1.165, 1.54) is 11.1 Å². The topological polar surface area (TPSA) is 48.5 Å². The summed E-state index contributed by atoms with van der Waals surface area (Å²) in [5.74, 6) is 0.400. The number of rotatable bonds is 4. The molecule has 0 radical (unpaired) electrons. The maximum absolute atomic E-state index is 12.6. The number of aryl methyl sites for hydroxylation is 1. The highest BCUT2D eigenvalue weighted by molar-refractivity contribution is 6.04. The zero-order valence-electron chi connectivity index (χ0n) is 15.8. The minimum absolute atomic E-state index is 0.235. The standard InChI is InChI=1S/C20H23F3N4O/c1-14-3-6-17(7-4-14)25-19(28)16-5-8-18(24-11-16)26-9-10-27(15(2)12-26)13-20(21,22)23/h3-8,11,15H,9-10,12-13H2,1-2H3,(H,25,28). The molecule has 1 aromatic heterocycles. The quantitative estimate of drug-likeness (QED) is 0.862. The number of nitrogens with zero attached hydrogens (tertiary/aromatic N) is 3. The lowest BCUT2D eigenvalue weighted by molar-refractivity contribution is -0.150. The summed E-state index contributed by atoms with van der Waals surface area (Å²) in [6, 6.07) is 10.7. The number of benzene rings is 1. The zero-order valence-corrected chi connectivity index (χ0v) is 15.8. The van der Waals surface area contributed by atoms with Crippen molar-refractivity contribution in [1.82, 2.24) is 9.88 Å². The molecular formula is C20H23F3N4O. The Labute approximate surface area is 162 Å². The lowest BCUT2D eigenvalue weighted by Gasteiger charge is -2.40. The van der Waals surface area contributed by atoms with Crippen LogP contribution in [0.25, 0.3) is 0 Å². The Morgan fingerprint density at radius 2 is 1.89 bits per heavy atom. The normalized spacial score (nSPS) is 18.2. The SMILES string of the molecule is Cc1ccc(NC(=O)c2ccc(N3CCN(CC(F)(F)F)C(C)C3)nc2)cc1. The predicted molar refractivity (Wildman–Crippen MR) is 103 cm³/mol. The molecule has 1 N–H and O–H groups in total. The van der Waals surface area contributed by atoms with Gasteiger partial charge in [-0.15, -0.1) is 0 Å². The van der Waals surface area contributed by atoms with Crippen LogP contribution in [0.3, 0.4) is 0 Å². The molecule has 3 rings (SSSR count). The lowest BCUT2D eigenvalue weighted by atomic mass is 10.1.